The first-order chi connectivity index (χ1) is 12.2. The number of pyridine rings is 1. The molecule has 3 rings (SSSR count). The summed E-state index contributed by atoms with van der Waals surface area (Å²) in [5.74, 6) is -0.410. The molecule has 0 N–H and O–H groups in total. The van der Waals surface area contributed by atoms with Gasteiger partial charge in [0.1, 0.15) is 5.75 Å². The Labute approximate surface area is 148 Å². The van der Waals surface area contributed by atoms with E-state index in [0.29, 0.717) is 10.9 Å². The number of ether oxygens (including phenoxy) is 1. The molecule has 0 saturated carbocycles. The Kier molecular flexibility index (Phi) is 4.98. The summed E-state index contributed by atoms with van der Waals surface area (Å²) in [5.41, 5.74) is -4.14. The Hall–Kier alpha value is -2.07. The Morgan fingerprint density at radius 1 is 1.19 bits per heavy atom. The van der Waals surface area contributed by atoms with E-state index >= 15 is 0 Å². The first kappa shape index (κ1) is 18.7. The van der Waals surface area contributed by atoms with Crippen molar-refractivity contribution in [2.75, 3.05) is 25.1 Å². The maximum Gasteiger partial charge on any atom is 0.534 e. The number of nitrogens with zero attached hydrogens (tertiary/aromatic N) is 2. The Bertz CT molecular complexity index is 894. The van der Waals surface area contributed by atoms with Gasteiger partial charge in [0.15, 0.2) is 0 Å². The zero-order valence-corrected chi connectivity index (χ0v) is 14.7. The van der Waals surface area contributed by atoms with Crippen LogP contribution in [-0.2, 0) is 14.9 Å². The fraction of sp³-hybridized carbons (Fsp3) is 0.438. The zero-order valence-electron chi connectivity index (χ0n) is 13.9. The van der Waals surface area contributed by atoms with Gasteiger partial charge in [-0.15, -0.1) is 0 Å². The van der Waals surface area contributed by atoms with Crippen LogP contribution in [0.4, 0.5) is 18.9 Å². The van der Waals surface area contributed by atoms with Crippen molar-refractivity contribution >= 4 is 26.7 Å². The highest BCUT2D eigenvalue weighted by Gasteiger charge is 2.48. The molecule has 0 amide bonds. The van der Waals surface area contributed by atoms with E-state index in [1.54, 1.807) is 19.4 Å². The number of methoxy groups -OCH3 is 1. The number of alkyl halides is 3. The minimum absolute atomic E-state index is 0.215. The first-order valence-corrected chi connectivity index (χ1v) is 9.29. The summed E-state index contributed by atoms with van der Waals surface area (Å²) in [6.45, 7) is 1.54. The molecular weight excluding hydrogens is 373 g/mol. The number of piperidine rings is 1. The number of hydrogen-bond donors (Lipinski definition) is 0. The molecule has 142 valence electrons. The smallest absolute Gasteiger partial charge is 0.381 e. The first-order valence-electron chi connectivity index (χ1n) is 7.88. The number of hydrogen-bond acceptors (Lipinski definition) is 6. The lowest BCUT2D eigenvalue weighted by Gasteiger charge is -2.32. The van der Waals surface area contributed by atoms with E-state index < -0.39 is 21.4 Å². The topological polar surface area (TPSA) is 68.7 Å². The Morgan fingerprint density at radius 3 is 2.50 bits per heavy atom. The lowest BCUT2D eigenvalue weighted by molar-refractivity contribution is -0.0500. The van der Waals surface area contributed by atoms with Crippen molar-refractivity contribution in [3.63, 3.8) is 0 Å². The minimum atomic E-state index is -5.70. The van der Waals surface area contributed by atoms with Crippen LogP contribution in [-0.4, -0.2) is 45.2 Å². The normalized spacial score (nSPS) is 16.8. The summed E-state index contributed by atoms with van der Waals surface area (Å²) in [6, 6.07) is 5.54. The quantitative estimate of drug-likeness (QED) is 0.590. The Balaban J connectivity index is 1.85. The summed E-state index contributed by atoms with van der Waals surface area (Å²) in [7, 11) is -4.03. The molecule has 0 aliphatic carbocycles. The molecule has 10 heteroatoms. The molecule has 2 aromatic rings. The molecule has 26 heavy (non-hydrogen) atoms. The summed E-state index contributed by atoms with van der Waals surface area (Å²) in [6.07, 6.45) is 3.62. The van der Waals surface area contributed by atoms with Crippen molar-refractivity contribution in [3.8, 4) is 5.75 Å². The number of aromatic nitrogens is 1. The van der Waals surface area contributed by atoms with Crippen LogP contribution in [0.2, 0.25) is 0 Å². The summed E-state index contributed by atoms with van der Waals surface area (Å²) < 4.78 is 69.2. The highest BCUT2D eigenvalue weighted by molar-refractivity contribution is 7.88. The average molecular weight is 390 g/mol. The fourth-order valence-electron chi connectivity index (χ4n) is 2.85. The number of anilines is 1. The molecule has 1 saturated heterocycles. The van der Waals surface area contributed by atoms with Crippen LogP contribution in [0.15, 0.2) is 30.5 Å². The second-order valence-electron chi connectivity index (χ2n) is 5.95. The van der Waals surface area contributed by atoms with Crippen LogP contribution in [0.3, 0.4) is 0 Å². The maximum atomic E-state index is 12.5. The van der Waals surface area contributed by atoms with Crippen molar-refractivity contribution < 1.29 is 30.5 Å². The van der Waals surface area contributed by atoms with Gasteiger partial charge in [0.05, 0.1) is 23.5 Å². The highest BCUT2D eigenvalue weighted by atomic mass is 32.2. The van der Waals surface area contributed by atoms with Crippen molar-refractivity contribution in [1.82, 2.24) is 4.98 Å². The van der Waals surface area contributed by atoms with Crippen LogP contribution in [0.1, 0.15) is 12.8 Å². The molecule has 0 unspecified atom stereocenters. The van der Waals surface area contributed by atoms with Crippen molar-refractivity contribution in [2.45, 2.75) is 24.5 Å². The van der Waals surface area contributed by atoms with E-state index in [1.165, 1.54) is 12.1 Å². The van der Waals surface area contributed by atoms with Crippen LogP contribution in [0.25, 0.3) is 10.9 Å². The Morgan fingerprint density at radius 2 is 1.88 bits per heavy atom. The molecule has 2 heterocycles. The summed E-state index contributed by atoms with van der Waals surface area (Å²) in [5, 5.41) is 0.492. The van der Waals surface area contributed by atoms with Crippen LogP contribution in [0, 0.1) is 0 Å². The lowest BCUT2D eigenvalue weighted by atomic mass is 10.1. The number of fused-ring (bicyclic) bond motifs is 1. The fourth-order valence-corrected chi connectivity index (χ4v) is 3.30. The summed E-state index contributed by atoms with van der Waals surface area (Å²) in [4.78, 5) is 6.38. The van der Waals surface area contributed by atoms with E-state index in [2.05, 4.69) is 14.1 Å². The average Bonchev–Trinajstić information content (AvgIpc) is 2.60. The van der Waals surface area contributed by atoms with Crippen LogP contribution in [0.5, 0.6) is 5.75 Å². The van der Waals surface area contributed by atoms with E-state index in [4.69, 9.17) is 4.74 Å². The molecule has 0 bridgehead atoms. The molecule has 1 fully saturated rings. The van der Waals surface area contributed by atoms with Gasteiger partial charge in [-0.2, -0.15) is 21.6 Å². The third kappa shape index (κ3) is 3.85. The molecule has 1 aromatic heterocycles. The van der Waals surface area contributed by atoms with Gasteiger partial charge in [-0.1, -0.05) is 0 Å². The van der Waals surface area contributed by atoms with Crippen molar-refractivity contribution in [3.05, 3.63) is 30.5 Å². The number of halogens is 3. The van der Waals surface area contributed by atoms with E-state index in [-0.39, 0.29) is 6.10 Å². The maximum absolute atomic E-state index is 12.5. The van der Waals surface area contributed by atoms with Crippen molar-refractivity contribution in [1.29, 1.82) is 0 Å². The molecule has 1 aliphatic heterocycles. The largest absolute Gasteiger partial charge is 0.534 e. The number of benzene rings is 1. The highest BCUT2D eigenvalue weighted by Crippen LogP contribution is 2.30. The van der Waals surface area contributed by atoms with Gasteiger partial charge < -0.3 is 13.8 Å². The van der Waals surface area contributed by atoms with Gasteiger partial charge in [-0.25, -0.2) is 0 Å². The van der Waals surface area contributed by atoms with Crippen molar-refractivity contribution in [2.24, 2.45) is 0 Å². The minimum Gasteiger partial charge on any atom is -0.381 e. The molecule has 1 aliphatic rings. The number of rotatable bonds is 4. The van der Waals surface area contributed by atoms with E-state index in [1.807, 2.05) is 0 Å². The van der Waals surface area contributed by atoms with Crippen LogP contribution >= 0.6 is 0 Å². The van der Waals surface area contributed by atoms with E-state index in [0.717, 1.165) is 37.7 Å². The van der Waals surface area contributed by atoms with Gasteiger partial charge >= 0.3 is 15.6 Å². The van der Waals surface area contributed by atoms with Gasteiger partial charge in [0, 0.05) is 25.6 Å². The molecule has 0 atom stereocenters. The second kappa shape index (κ2) is 6.92. The van der Waals surface area contributed by atoms with E-state index in [9.17, 15) is 21.6 Å². The molecular formula is C16H17F3N2O4S. The third-order valence-electron chi connectivity index (χ3n) is 4.27. The summed E-state index contributed by atoms with van der Waals surface area (Å²) >= 11 is 0. The lowest BCUT2D eigenvalue weighted by Crippen LogP contribution is -2.36. The predicted molar refractivity (Wildman–Crippen MR) is 89.6 cm³/mol. The molecule has 0 spiro atoms. The second-order valence-corrected chi connectivity index (χ2v) is 7.49. The van der Waals surface area contributed by atoms with Gasteiger partial charge in [-0.05, 0) is 37.1 Å². The van der Waals surface area contributed by atoms with Gasteiger partial charge in [0.2, 0.25) is 0 Å². The molecule has 1 aromatic carbocycles. The predicted octanol–water partition coefficient (Wildman–Crippen LogP) is 3.08. The standard InChI is InChI=1S/C16H17F3N2O4S/c1-24-13-4-6-21(7-5-13)12-8-11-9-14(2-3-15(11)20-10-12)25-26(22,23)16(17,18)19/h2-3,8-10,13H,4-7H2,1H3. The zero-order chi connectivity index (χ0) is 18.9. The third-order valence-corrected chi connectivity index (χ3v) is 5.25. The molecule has 0 radical (unpaired) electrons. The van der Waals surface area contributed by atoms with Crippen LogP contribution < -0.4 is 9.08 Å². The van der Waals surface area contributed by atoms with Gasteiger partial charge in [0.25, 0.3) is 0 Å². The van der Waals surface area contributed by atoms with Gasteiger partial charge in [-0.3, -0.25) is 4.98 Å². The SMILES string of the molecule is COC1CCN(c2cnc3ccc(OS(=O)(=O)C(F)(F)F)cc3c2)CC1. The monoisotopic (exact) mass is 390 g/mol. The molecule has 6 nitrogen and oxygen atoms in total.